The highest BCUT2D eigenvalue weighted by molar-refractivity contribution is 6.30. The van der Waals surface area contributed by atoms with Crippen LogP contribution in [-0.2, 0) is 7.05 Å². The summed E-state index contributed by atoms with van der Waals surface area (Å²) in [6.07, 6.45) is -4.65. The van der Waals surface area contributed by atoms with Gasteiger partial charge in [0.25, 0.3) is 0 Å². The second kappa shape index (κ2) is 8.86. The predicted molar refractivity (Wildman–Crippen MR) is 168 cm³/mol. The minimum Gasteiger partial charge on any atom is -0.509 e. The fourth-order valence-corrected chi connectivity index (χ4v) is 7.36. The van der Waals surface area contributed by atoms with Crippen LogP contribution in [0.1, 0.15) is 11.8 Å². The number of aliphatic hydroxyl groups excluding tert-OH is 3. The summed E-state index contributed by atoms with van der Waals surface area (Å²) in [6.45, 7) is 0. The number of aliphatic hydroxyl groups is 3. The fourth-order valence-electron chi connectivity index (χ4n) is 7.36. The number of hydrogen-bond acceptors (Lipinski definition) is 17. The molecule has 0 spiro atoms. The summed E-state index contributed by atoms with van der Waals surface area (Å²) in [4.78, 5) is 0. The molecule has 5 aromatic carbocycles. The van der Waals surface area contributed by atoms with E-state index in [-0.39, 0.29) is 0 Å². The first kappa shape index (κ1) is 30.2. The quantitative estimate of drug-likeness (QED) is 0.0653. The summed E-state index contributed by atoms with van der Waals surface area (Å²) in [5.41, 5.74) is -3.22. The number of rotatable bonds is 1. The molecule has 19 heteroatoms. The Hall–Kier alpha value is -7.12. The molecule has 7 aromatic rings. The Kier molecular flexibility index (Phi) is 5.36. The molecule has 2 heterocycles. The van der Waals surface area contributed by atoms with Crippen molar-refractivity contribution in [3.8, 4) is 86.2 Å². The number of hydrogen-bond donors (Lipinski definition) is 17. The average Bonchev–Trinajstić information content (AvgIpc) is 3.59. The Labute approximate surface area is 272 Å². The standard InChI is InChI=1S/C31H22N2O17/c1-32-10-8(9-11(32)21(40)31(50)30(49)20(9)39)19(38)27(46)24(43)14(10)33-12-2-3-5(16(35)26(45)23(42)13(3)33)7-6(4(2)15(34)25(44)22(12)41)17(36)28(47)29(48)18(7)37/h22,25,34-50H,1H3. The molecule has 2 atom stereocenters. The maximum absolute atomic E-state index is 11.5. The highest BCUT2D eigenvalue weighted by Crippen LogP contribution is 2.61. The lowest BCUT2D eigenvalue weighted by atomic mass is 9.88. The molecule has 0 amide bonds. The van der Waals surface area contributed by atoms with Gasteiger partial charge in [-0.2, -0.15) is 0 Å². The molecule has 258 valence electrons. The van der Waals surface area contributed by atoms with E-state index in [1.54, 1.807) is 0 Å². The molecule has 0 saturated heterocycles. The number of phenolic OH excluding ortho intramolecular Hbond substituents is 14. The lowest BCUT2D eigenvalue weighted by molar-refractivity contribution is 0.0349. The minimum atomic E-state index is -2.35. The van der Waals surface area contributed by atoms with E-state index in [1.165, 1.54) is 0 Å². The van der Waals surface area contributed by atoms with E-state index in [0.717, 1.165) is 11.6 Å². The molecular weight excluding hydrogens is 672 g/mol. The van der Waals surface area contributed by atoms with E-state index in [9.17, 15) is 86.8 Å². The third kappa shape index (κ3) is 2.93. The first-order chi connectivity index (χ1) is 23.4. The van der Waals surface area contributed by atoms with Crippen molar-refractivity contribution < 1.29 is 86.8 Å². The first-order valence-electron chi connectivity index (χ1n) is 14.1. The zero-order chi connectivity index (χ0) is 36.5. The zero-order valence-electron chi connectivity index (χ0n) is 24.7. The Morgan fingerprint density at radius 2 is 0.760 bits per heavy atom. The topological polar surface area (TPSA) is 354 Å². The smallest absolute Gasteiger partial charge is 0.206 e. The average molecular weight is 695 g/mol. The zero-order valence-corrected chi connectivity index (χ0v) is 24.7. The van der Waals surface area contributed by atoms with E-state index in [1.807, 2.05) is 0 Å². The first-order valence-corrected chi connectivity index (χ1v) is 14.1. The SMILES string of the molecule is Cn1c2c(O)c(O)c(O)c(O)c2c2c(O)c(O)c(O)c(-n3c4c5c(c6c(O)c(O)c(O)c(O)c6c6c(O)c(O)c(O)c3c56)=C(O)C(O)C4O)c21. The molecule has 0 fully saturated rings. The number of aromatic hydroxyl groups is 14. The molecule has 50 heavy (non-hydrogen) atoms. The lowest BCUT2D eigenvalue weighted by Crippen LogP contribution is -2.32. The number of aromatic nitrogens is 2. The molecular formula is C31H22N2O17. The maximum Gasteiger partial charge on any atom is 0.206 e. The van der Waals surface area contributed by atoms with E-state index in [2.05, 4.69) is 0 Å². The summed E-state index contributed by atoms with van der Waals surface area (Å²) in [5, 5.41) is 181. The fraction of sp³-hybridized carbons (Fsp3) is 0.0968. The van der Waals surface area contributed by atoms with Crippen LogP contribution in [0.25, 0.3) is 65.7 Å². The van der Waals surface area contributed by atoms with Gasteiger partial charge in [-0.3, -0.25) is 0 Å². The molecule has 2 aromatic heterocycles. The normalized spacial score (nSPS) is 16.3. The predicted octanol–water partition coefficient (Wildman–Crippen LogP) is 1.25. The number of benzene rings is 5. The van der Waals surface area contributed by atoms with E-state index >= 15 is 0 Å². The molecule has 0 radical (unpaired) electrons. The van der Waals surface area contributed by atoms with Crippen molar-refractivity contribution >= 4 is 60.0 Å². The Bertz CT molecular complexity index is 2870. The van der Waals surface area contributed by atoms with Crippen LogP contribution >= 0.6 is 0 Å². The van der Waals surface area contributed by atoms with Crippen LogP contribution in [0.4, 0.5) is 0 Å². The minimum absolute atomic E-state index is 0.483. The molecule has 17 N–H and O–H groups in total. The van der Waals surface area contributed by atoms with Crippen LogP contribution in [0, 0.1) is 0 Å². The summed E-state index contributed by atoms with van der Waals surface area (Å²) in [6, 6.07) is 0. The highest BCUT2D eigenvalue weighted by atomic mass is 16.4. The van der Waals surface area contributed by atoms with Gasteiger partial charge in [-0.25, -0.2) is 0 Å². The van der Waals surface area contributed by atoms with E-state index in [4.69, 9.17) is 0 Å². The number of nitrogens with zero attached hydrogens (tertiary/aromatic N) is 2. The van der Waals surface area contributed by atoms with Gasteiger partial charge in [-0.1, -0.05) is 0 Å². The van der Waals surface area contributed by atoms with Gasteiger partial charge in [0.2, 0.25) is 34.5 Å². The van der Waals surface area contributed by atoms with Crippen molar-refractivity contribution in [2.75, 3.05) is 0 Å². The molecule has 0 saturated carbocycles. The van der Waals surface area contributed by atoms with Crippen LogP contribution in [0.5, 0.6) is 80.5 Å². The van der Waals surface area contributed by atoms with Gasteiger partial charge in [-0.15, -0.1) is 0 Å². The second-order valence-electron chi connectivity index (χ2n) is 11.8. The lowest BCUT2D eigenvalue weighted by Gasteiger charge is -2.26. The van der Waals surface area contributed by atoms with Gasteiger partial charge in [0.05, 0.1) is 27.5 Å². The molecule has 1 aliphatic carbocycles. The molecule has 19 nitrogen and oxygen atoms in total. The molecule has 8 rings (SSSR count). The molecule has 0 aliphatic heterocycles. The van der Waals surface area contributed by atoms with Crippen molar-refractivity contribution in [1.82, 2.24) is 9.13 Å². The van der Waals surface area contributed by atoms with Crippen LogP contribution in [0.3, 0.4) is 0 Å². The molecule has 1 aliphatic rings. The van der Waals surface area contributed by atoms with Crippen LogP contribution in [0.2, 0.25) is 0 Å². The van der Waals surface area contributed by atoms with Gasteiger partial charge in [0, 0.05) is 39.2 Å². The van der Waals surface area contributed by atoms with Gasteiger partial charge < -0.3 is 95.9 Å². The highest BCUT2D eigenvalue weighted by Gasteiger charge is 2.42. The van der Waals surface area contributed by atoms with Crippen molar-refractivity contribution in [1.29, 1.82) is 0 Å². The summed E-state index contributed by atoms with van der Waals surface area (Å²) in [7, 11) is 1.14. The Morgan fingerprint density at radius 1 is 0.360 bits per heavy atom. The third-order valence-corrected chi connectivity index (χ3v) is 9.52. The van der Waals surface area contributed by atoms with Crippen LogP contribution in [-0.4, -0.2) is 102 Å². The van der Waals surface area contributed by atoms with E-state index < -0.39 is 169 Å². The summed E-state index contributed by atoms with van der Waals surface area (Å²) in [5.74, 6) is -18.6. The van der Waals surface area contributed by atoms with Crippen LogP contribution in [0.15, 0.2) is 0 Å². The number of fused-ring (bicyclic) bond motifs is 6. The van der Waals surface area contributed by atoms with Gasteiger partial charge in [0.1, 0.15) is 29.2 Å². The maximum atomic E-state index is 11.5. The van der Waals surface area contributed by atoms with Crippen LogP contribution < -0.4 is 5.22 Å². The van der Waals surface area contributed by atoms with Crippen molar-refractivity contribution in [2.24, 2.45) is 7.05 Å². The van der Waals surface area contributed by atoms with Crippen molar-refractivity contribution in [3.63, 3.8) is 0 Å². The number of aryl methyl sites for hydroxylation is 1. The molecule has 0 bridgehead atoms. The van der Waals surface area contributed by atoms with Gasteiger partial charge in [0.15, 0.2) is 46.0 Å². The molecule has 2 unspecified atom stereocenters. The largest absolute Gasteiger partial charge is 0.509 e. The Morgan fingerprint density at radius 3 is 1.32 bits per heavy atom. The van der Waals surface area contributed by atoms with Gasteiger partial charge >= 0.3 is 0 Å². The van der Waals surface area contributed by atoms with Crippen molar-refractivity contribution in [3.05, 3.63) is 10.9 Å². The third-order valence-electron chi connectivity index (χ3n) is 9.52. The monoisotopic (exact) mass is 694 g/mol. The van der Waals surface area contributed by atoms with Crippen molar-refractivity contribution in [2.45, 2.75) is 12.2 Å². The Balaban J connectivity index is 1.80. The second-order valence-corrected chi connectivity index (χ2v) is 11.8. The van der Waals surface area contributed by atoms with E-state index in [0.29, 0.717) is 4.57 Å². The van der Waals surface area contributed by atoms with Gasteiger partial charge in [-0.05, 0) is 0 Å². The number of phenols is 14. The summed E-state index contributed by atoms with van der Waals surface area (Å²) >= 11 is 0. The summed E-state index contributed by atoms with van der Waals surface area (Å²) < 4.78 is 1.59.